The molecule has 6 heteroatoms. The lowest BCUT2D eigenvalue weighted by Crippen LogP contribution is -2.17. The van der Waals surface area contributed by atoms with Gasteiger partial charge in [0.05, 0.1) is 0 Å². The molecule has 0 spiro atoms. The summed E-state index contributed by atoms with van der Waals surface area (Å²) in [6.45, 7) is 0.212. The van der Waals surface area contributed by atoms with E-state index in [-0.39, 0.29) is 12.1 Å². The maximum Gasteiger partial charge on any atom is 0.256 e. The smallest absolute Gasteiger partial charge is 0.256 e. The minimum absolute atomic E-state index is 0.210. The van der Waals surface area contributed by atoms with E-state index in [1.54, 1.807) is 10.6 Å². The van der Waals surface area contributed by atoms with Crippen LogP contribution in [0.15, 0.2) is 17.3 Å². The van der Waals surface area contributed by atoms with Crippen LogP contribution in [0.3, 0.4) is 0 Å². The highest BCUT2D eigenvalue weighted by Crippen LogP contribution is 1.92. The van der Waals surface area contributed by atoms with Crippen LogP contribution in [0.5, 0.6) is 0 Å². The fraction of sp³-hybridized carbons (Fsp3) is 0.167. The third kappa shape index (κ3) is 0.892. The molecular formula is C6H7N5O. The first kappa shape index (κ1) is 6.99. The molecule has 0 saturated carbocycles. The number of nitrogens with zero attached hydrogens (tertiary/aromatic N) is 3. The molecule has 0 aromatic carbocycles. The molecule has 0 radical (unpaired) electrons. The zero-order chi connectivity index (χ0) is 8.55. The second-order valence-electron chi connectivity index (χ2n) is 2.37. The van der Waals surface area contributed by atoms with Gasteiger partial charge in [-0.15, -0.1) is 10.2 Å². The van der Waals surface area contributed by atoms with E-state index in [0.29, 0.717) is 11.3 Å². The van der Waals surface area contributed by atoms with Gasteiger partial charge >= 0.3 is 0 Å². The Kier molecular flexibility index (Phi) is 1.41. The first-order chi connectivity index (χ1) is 5.81. The number of rotatable bonds is 1. The number of hydrogen-bond acceptors (Lipinski definition) is 4. The largest absolute Gasteiger partial charge is 0.326 e. The van der Waals surface area contributed by atoms with Crippen LogP contribution in [-0.4, -0.2) is 19.6 Å². The van der Waals surface area contributed by atoms with Gasteiger partial charge in [-0.25, -0.2) is 0 Å². The van der Waals surface area contributed by atoms with Gasteiger partial charge in [-0.3, -0.25) is 14.2 Å². The van der Waals surface area contributed by atoms with Crippen LogP contribution in [-0.2, 0) is 6.54 Å². The molecule has 0 amide bonds. The summed E-state index contributed by atoms with van der Waals surface area (Å²) in [6, 6.07) is 0. The zero-order valence-corrected chi connectivity index (χ0v) is 6.19. The molecule has 0 atom stereocenters. The van der Waals surface area contributed by atoms with Gasteiger partial charge in [0.1, 0.15) is 6.33 Å². The van der Waals surface area contributed by atoms with E-state index in [0.717, 1.165) is 0 Å². The summed E-state index contributed by atoms with van der Waals surface area (Å²) >= 11 is 0. The molecular weight excluding hydrogens is 158 g/mol. The highest BCUT2D eigenvalue weighted by molar-refractivity contribution is 5.26. The van der Waals surface area contributed by atoms with Gasteiger partial charge in [0.15, 0.2) is 0 Å². The van der Waals surface area contributed by atoms with Crippen LogP contribution >= 0.6 is 0 Å². The number of hydrogen-bond donors (Lipinski definition) is 2. The Morgan fingerprint density at radius 2 is 2.50 bits per heavy atom. The fourth-order valence-corrected chi connectivity index (χ4v) is 0.980. The maximum atomic E-state index is 11.1. The number of nitrogens with two attached hydrogens (primary N) is 1. The Morgan fingerprint density at radius 1 is 1.67 bits per heavy atom. The lowest BCUT2D eigenvalue weighted by Gasteiger charge is -1.95. The van der Waals surface area contributed by atoms with Gasteiger partial charge < -0.3 is 5.73 Å². The van der Waals surface area contributed by atoms with Crippen LogP contribution in [0.25, 0.3) is 5.78 Å². The molecule has 0 aliphatic heterocycles. The van der Waals surface area contributed by atoms with Crippen LogP contribution in [0.2, 0.25) is 0 Å². The van der Waals surface area contributed by atoms with Crippen molar-refractivity contribution in [3.05, 3.63) is 28.4 Å². The second-order valence-corrected chi connectivity index (χ2v) is 2.37. The van der Waals surface area contributed by atoms with E-state index >= 15 is 0 Å². The summed E-state index contributed by atoms with van der Waals surface area (Å²) < 4.78 is 1.61. The topological polar surface area (TPSA) is 89.1 Å². The molecule has 2 aromatic rings. The standard InChI is InChI=1S/C6H7N5O/c7-1-4-2-11-3-8-10-6(11)9-5(4)12/h2-3H,1,7H2,(H,9,10,12). The van der Waals surface area contributed by atoms with Crippen molar-refractivity contribution in [3.8, 4) is 0 Å². The van der Waals surface area contributed by atoms with Crippen molar-refractivity contribution in [2.45, 2.75) is 6.54 Å². The summed E-state index contributed by atoms with van der Waals surface area (Å²) in [7, 11) is 0. The summed E-state index contributed by atoms with van der Waals surface area (Å²) in [6.07, 6.45) is 3.12. The Labute approximate surface area is 67.0 Å². The predicted octanol–water partition coefficient (Wildman–Crippen LogP) is -1.12. The van der Waals surface area contributed by atoms with Gasteiger partial charge in [-0.2, -0.15) is 0 Å². The van der Waals surface area contributed by atoms with Crippen molar-refractivity contribution < 1.29 is 0 Å². The minimum Gasteiger partial charge on any atom is -0.326 e. The number of aromatic nitrogens is 4. The van der Waals surface area contributed by atoms with Crippen LogP contribution < -0.4 is 11.3 Å². The molecule has 0 saturated heterocycles. The Balaban J connectivity index is 2.82. The third-order valence-corrected chi connectivity index (χ3v) is 1.60. The number of nitrogens with one attached hydrogen (secondary N) is 1. The first-order valence-electron chi connectivity index (χ1n) is 3.43. The van der Waals surface area contributed by atoms with Gasteiger partial charge in [0.25, 0.3) is 5.56 Å². The van der Waals surface area contributed by atoms with E-state index < -0.39 is 0 Å². The highest BCUT2D eigenvalue weighted by atomic mass is 16.1. The average Bonchev–Trinajstić information content (AvgIpc) is 2.49. The molecule has 0 unspecified atom stereocenters. The van der Waals surface area contributed by atoms with Crippen molar-refractivity contribution in [1.29, 1.82) is 0 Å². The SMILES string of the molecule is NCc1cn2cnnc2[nH]c1=O. The summed E-state index contributed by atoms with van der Waals surface area (Å²) in [4.78, 5) is 13.7. The van der Waals surface area contributed by atoms with Crippen molar-refractivity contribution in [3.63, 3.8) is 0 Å². The van der Waals surface area contributed by atoms with E-state index in [1.807, 2.05) is 0 Å². The molecule has 0 aliphatic rings. The molecule has 6 nitrogen and oxygen atoms in total. The van der Waals surface area contributed by atoms with Gasteiger partial charge in [-0.05, 0) is 0 Å². The monoisotopic (exact) mass is 165 g/mol. The van der Waals surface area contributed by atoms with E-state index in [2.05, 4.69) is 15.2 Å². The van der Waals surface area contributed by atoms with Crippen molar-refractivity contribution >= 4 is 5.78 Å². The summed E-state index contributed by atoms with van der Waals surface area (Å²) in [5, 5.41) is 7.29. The lowest BCUT2D eigenvalue weighted by atomic mass is 10.3. The molecule has 62 valence electrons. The number of fused-ring (bicyclic) bond motifs is 1. The summed E-state index contributed by atoms with van der Waals surface area (Å²) in [5.41, 5.74) is 5.64. The molecule has 0 fully saturated rings. The fourth-order valence-electron chi connectivity index (χ4n) is 0.980. The van der Waals surface area contributed by atoms with Gasteiger partial charge in [0, 0.05) is 18.3 Å². The van der Waals surface area contributed by atoms with Crippen molar-refractivity contribution in [2.24, 2.45) is 5.73 Å². The highest BCUT2D eigenvalue weighted by Gasteiger charge is 2.00. The number of H-pyrrole nitrogens is 1. The zero-order valence-electron chi connectivity index (χ0n) is 6.19. The average molecular weight is 165 g/mol. The van der Waals surface area contributed by atoms with E-state index in [4.69, 9.17) is 5.73 Å². The van der Waals surface area contributed by atoms with Gasteiger partial charge in [0.2, 0.25) is 5.78 Å². The summed E-state index contributed by atoms with van der Waals surface area (Å²) in [5.74, 6) is 0.428. The van der Waals surface area contributed by atoms with Crippen molar-refractivity contribution in [2.75, 3.05) is 0 Å². The molecule has 2 aromatic heterocycles. The Bertz CT molecular complexity index is 456. The molecule has 2 rings (SSSR count). The lowest BCUT2D eigenvalue weighted by molar-refractivity contribution is 0.961. The molecule has 3 N–H and O–H groups in total. The maximum absolute atomic E-state index is 11.1. The first-order valence-corrected chi connectivity index (χ1v) is 3.43. The molecule has 0 bridgehead atoms. The normalized spacial score (nSPS) is 10.8. The van der Waals surface area contributed by atoms with E-state index in [1.165, 1.54) is 6.33 Å². The Hall–Kier alpha value is -1.69. The van der Waals surface area contributed by atoms with Crippen LogP contribution in [0, 0.1) is 0 Å². The third-order valence-electron chi connectivity index (χ3n) is 1.60. The quantitative estimate of drug-likeness (QED) is 0.560. The van der Waals surface area contributed by atoms with Crippen molar-refractivity contribution in [1.82, 2.24) is 19.6 Å². The molecule has 12 heavy (non-hydrogen) atoms. The van der Waals surface area contributed by atoms with Crippen LogP contribution in [0.4, 0.5) is 0 Å². The minimum atomic E-state index is -0.210. The van der Waals surface area contributed by atoms with Crippen LogP contribution in [0.1, 0.15) is 5.56 Å². The molecule has 2 heterocycles. The van der Waals surface area contributed by atoms with E-state index in [9.17, 15) is 4.79 Å². The Morgan fingerprint density at radius 3 is 3.25 bits per heavy atom. The predicted molar refractivity (Wildman–Crippen MR) is 41.5 cm³/mol. The number of aromatic amines is 1. The molecule has 0 aliphatic carbocycles. The second kappa shape index (κ2) is 2.42. The van der Waals surface area contributed by atoms with Gasteiger partial charge in [-0.1, -0.05) is 0 Å².